The van der Waals surface area contributed by atoms with E-state index in [4.69, 9.17) is 9.47 Å². The summed E-state index contributed by atoms with van der Waals surface area (Å²) in [6.07, 6.45) is -0.444. The number of hydrogen-bond acceptors (Lipinski definition) is 3. The van der Waals surface area contributed by atoms with Gasteiger partial charge in [-0.25, -0.2) is 0 Å². The Morgan fingerprint density at radius 3 is 2.50 bits per heavy atom. The van der Waals surface area contributed by atoms with Crippen LogP contribution < -0.4 is 0 Å². The Hall–Kier alpha value is -0.900. The molecule has 0 spiro atoms. The summed E-state index contributed by atoms with van der Waals surface area (Å²) < 4.78 is 10.4. The molecule has 0 aliphatic carbocycles. The van der Waals surface area contributed by atoms with E-state index in [1.54, 1.807) is 0 Å². The fourth-order valence-electron chi connectivity index (χ4n) is 1.55. The molecule has 1 N–H and O–H groups in total. The van der Waals surface area contributed by atoms with Crippen molar-refractivity contribution in [2.45, 2.75) is 18.8 Å². The summed E-state index contributed by atoms with van der Waals surface area (Å²) in [6.45, 7) is 1.16. The molecule has 1 saturated heterocycles. The number of benzene rings is 1. The lowest BCUT2D eigenvalue weighted by molar-refractivity contribution is -0.119. The Kier molecular flexibility index (Phi) is 3.14. The largest absolute Gasteiger partial charge is 0.387 e. The summed E-state index contributed by atoms with van der Waals surface area (Å²) in [5.41, 5.74) is 1.10. The summed E-state index contributed by atoms with van der Waals surface area (Å²) in [5, 5.41) is 9.75. The van der Waals surface area contributed by atoms with E-state index in [2.05, 4.69) is 0 Å². The maximum atomic E-state index is 9.75. The van der Waals surface area contributed by atoms with Crippen molar-refractivity contribution in [3.05, 3.63) is 35.9 Å². The number of ether oxygens (including phenoxy) is 2. The highest BCUT2D eigenvalue weighted by molar-refractivity contribution is 5.15. The Morgan fingerprint density at radius 2 is 1.86 bits per heavy atom. The molecule has 0 radical (unpaired) electrons. The summed E-state index contributed by atoms with van der Waals surface area (Å²) in [4.78, 5) is 0. The van der Waals surface area contributed by atoms with Gasteiger partial charge >= 0.3 is 0 Å². The summed E-state index contributed by atoms with van der Waals surface area (Å²) in [6, 6.07) is 9.84. The van der Waals surface area contributed by atoms with Crippen LogP contribution in [0.3, 0.4) is 0 Å². The molecule has 0 aromatic heterocycles. The first-order valence-electron chi connectivity index (χ1n) is 4.81. The molecule has 76 valence electrons. The van der Waals surface area contributed by atoms with Gasteiger partial charge in [-0.2, -0.15) is 0 Å². The molecular weight excluding hydrogens is 180 g/mol. The van der Waals surface area contributed by atoms with Crippen LogP contribution in [-0.4, -0.2) is 30.7 Å². The summed E-state index contributed by atoms with van der Waals surface area (Å²) in [5.74, 6) is 0. The van der Waals surface area contributed by atoms with E-state index in [0.717, 1.165) is 5.56 Å². The minimum atomic E-state index is -0.570. The van der Waals surface area contributed by atoms with Crippen LogP contribution in [0.25, 0.3) is 0 Å². The van der Waals surface area contributed by atoms with Crippen molar-refractivity contribution in [2.75, 3.05) is 13.2 Å². The van der Waals surface area contributed by atoms with Crippen molar-refractivity contribution >= 4 is 0 Å². The Bertz CT molecular complexity index is 267. The molecule has 1 aromatic rings. The number of rotatable bonds is 3. The molecule has 0 saturated carbocycles. The van der Waals surface area contributed by atoms with Gasteiger partial charge in [0.2, 0.25) is 0 Å². The fraction of sp³-hybridized carbons (Fsp3) is 0.455. The van der Waals surface area contributed by atoms with E-state index in [-0.39, 0.29) is 0 Å². The third kappa shape index (κ3) is 2.32. The molecule has 2 rings (SSSR count). The molecule has 1 aromatic carbocycles. The molecule has 14 heavy (non-hydrogen) atoms. The van der Waals surface area contributed by atoms with Gasteiger partial charge in [-0.05, 0) is 5.56 Å². The number of aliphatic hydroxyl groups excluding tert-OH is 1. The van der Waals surface area contributed by atoms with E-state index < -0.39 is 12.4 Å². The summed E-state index contributed by atoms with van der Waals surface area (Å²) >= 11 is 0. The van der Waals surface area contributed by atoms with Crippen LogP contribution in [-0.2, 0) is 15.9 Å². The lowest BCUT2D eigenvalue weighted by Crippen LogP contribution is -2.28. The zero-order valence-electron chi connectivity index (χ0n) is 7.93. The molecule has 0 bridgehead atoms. The Labute approximate surface area is 83.3 Å². The van der Waals surface area contributed by atoms with Crippen LogP contribution in [0.15, 0.2) is 30.3 Å². The molecule has 3 nitrogen and oxygen atoms in total. The standard InChI is InChI=1S/C11H14O3/c12-10(11-13-6-7-14-11)8-9-4-2-1-3-5-9/h1-5,10-12H,6-8H2/t10-/m1/s1. The third-order valence-corrected chi connectivity index (χ3v) is 2.25. The lowest BCUT2D eigenvalue weighted by Gasteiger charge is -2.16. The predicted octanol–water partition coefficient (Wildman–Crippen LogP) is 0.963. The Balaban J connectivity index is 1.90. The van der Waals surface area contributed by atoms with Gasteiger partial charge in [0, 0.05) is 6.42 Å². The quantitative estimate of drug-likeness (QED) is 0.779. The van der Waals surface area contributed by atoms with E-state index in [0.29, 0.717) is 19.6 Å². The SMILES string of the molecule is O[C@H](Cc1ccccc1)C1OCCO1. The lowest BCUT2D eigenvalue weighted by atomic mass is 10.1. The van der Waals surface area contributed by atoms with Gasteiger partial charge in [0.05, 0.1) is 13.2 Å². The molecule has 1 atom stereocenters. The zero-order valence-corrected chi connectivity index (χ0v) is 7.93. The van der Waals surface area contributed by atoms with Crippen LogP contribution in [0.4, 0.5) is 0 Å². The van der Waals surface area contributed by atoms with Crippen molar-refractivity contribution in [1.29, 1.82) is 0 Å². The van der Waals surface area contributed by atoms with Crippen LogP contribution >= 0.6 is 0 Å². The minimum Gasteiger partial charge on any atom is -0.387 e. The van der Waals surface area contributed by atoms with E-state index in [9.17, 15) is 5.11 Å². The van der Waals surface area contributed by atoms with Gasteiger partial charge in [0.1, 0.15) is 6.10 Å². The highest BCUT2D eigenvalue weighted by atomic mass is 16.7. The highest BCUT2D eigenvalue weighted by Gasteiger charge is 2.24. The van der Waals surface area contributed by atoms with Gasteiger partial charge in [-0.3, -0.25) is 0 Å². The van der Waals surface area contributed by atoms with Crippen LogP contribution in [0, 0.1) is 0 Å². The van der Waals surface area contributed by atoms with Crippen LogP contribution in [0.1, 0.15) is 5.56 Å². The second-order valence-electron chi connectivity index (χ2n) is 3.37. The van der Waals surface area contributed by atoms with Crippen LogP contribution in [0.2, 0.25) is 0 Å². The van der Waals surface area contributed by atoms with E-state index in [1.165, 1.54) is 0 Å². The second-order valence-corrected chi connectivity index (χ2v) is 3.37. The van der Waals surface area contributed by atoms with E-state index in [1.807, 2.05) is 30.3 Å². The molecule has 1 aliphatic rings. The van der Waals surface area contributed by atoms with Gasteiger partial charge < -0.3 is 14.6 Å². The zero-order chi connectivity index (χ0) is 9.80. The highest BCUT2D eigenvalue weighted by Crippen LogP contribution is 2.13. The maximum absolute atomic E-state index is 9.75. The minimum absolute atomic E-state index is 0.449. The third-order valence-electron chi connectivity index (χ3n) is 2.25. The average Bonchev–Trinajstić information content (AvgIpc) is 2.72. The van der Waals surface area contributed by atoms with Crippen molar-refractivity contribution in [1.82, 2.24) is 0 Å². The van der Waals surface area contributed by atoms with Crippen molar-refractivity contribution in [3.63, 3.8) is 0 Å². The maximum Gasteiger partial charge on any atom is 0.183 e. The van der Waals surface area contributed by atoms with Gasteiger partial charge in [-0.15, -0.1) is 0 Å². The molecular formula is C11H14O3. The fourth-order valence-corrected chi connectivity index (χ4v) is 1.55. The summed E-state index contributed by atoms with van der Waals surface area (Å²) in [7, 11) is 0. The van der Waals surface area contributed by atoms with Crippen molar-refractivity contribution in [2.24, 2.45) is 0 Å². The molecule has 1 fully saturated rings. The van der Waals surface area contributed by atoms with Gasteiger partial charge in [0.15, 0.2) is 6.29 Å². The average molecular weight is 194 g/mol. The number of aliphatic hydroxyl groups is 1. The van der Waals surface area contributed by atoms with Crippen molar-refractivity contribution in [3.8, 4) is 0 Å². The first-order chi connectivity index (χ1) is 6.86. The number of hydrogen-bond donors (Lipinski definition) is 1. The normalized spacial score (nSPS) is 19.8. The monoisotopic (exact) mass is 194 g/mol. The van der Waals surface area contributed by atoms with Gasteiger partial charge in [0.25, 0.3) is 0 Å². The second kappa shape index (κ2) is 4.55. The topological polar surface area (TPSA) is 38.7 Å². The predicted molar refractivity (Wildman–Crippen MR) is 51.8 cm³/mol. The van der Waals surface area contributed by atoms with Crippen LogP contribution in [0.5, 0.6) is 0 Å². The molecule has 1 aliphatic heterocycles. The molecule has 3 heteroatoms. The van der Waals surface area contributed by atoms with E-state index >= 15 is 0 Å². The molecule has 0 amide bonds. The molecule has 0 unspecified atom stereocenters. The first kappa shape index (κ1) is 9.65. The molecule has 1 heterocycles. The van der Waals surface area contributed by atoms with Crippen molar-refractivity contribution < 1.29 is 14.6 Å². The Morgan fingerprint density at radius 1 is 1.21 bits per heavy atom. The first-order valence-corrected chi connectivity index (χ1v) is 4.81. The van der Waals surface area contributed by atoms with Gasteiger partial charge in [-0.1, -0.05) is 30.3 Å². The smallest absolute Gasteiger partial charge is 0.183 e.